The standard InChI is InChI=1S/C15H10Cl2N4O2/c16-7-3-1-4-8(17)11(7)15(23)20-10-6-2-5-9-12(10)21-14(19-9)13(18)22/h1-6H,(H2,18,22)(H,19,21)(H,20,23). The number of hydrogen-bond donors (Lipinski definition) is 3. The van der Waals surface area contributed by atoms with Crippen LogP contribution in [0.4, 0.5) is 5.69 Å². The molecule has 0 atom stereocenters. The molecule has 0 unspecified atom stereocenters. The lowest BCUT2D eigenvalue weighted by molar-refractivity contribution is 0.0990. The van der Waals surface area contributed by atoms with Gasteiger partial charge in [0, 0.05) is 0 Å². The molecule has 4 N–H and O–H groups in total. The van der Waals surface area contributed by atoms with E-state index >= 15 is 0 Å². The van der Waals surface area contributed by atoms with Crippen LogP contribution < -0.4 is 11.1 Å². The van der Waals surface area contributed by atoms with Crippen LogP contribution in [-0.2, 0) is 0 Å². The van der Waals surface area contributed by atoms with Crippen molar-refractivity contribution in [3.63, 3.8) is 0 Å². The average molecular weight is 349 g/mol. The summed E-state index contributed by atoms with van der Waals surface area (Å²) in [5.41, 5.74) is 6.77. The normalized spacial score (nSPS) is 10.7. The van der Waals surface area contributed by atoms with Gasteiger partial charge in [-0.1, -0.05) is 35.3 Å². The summed E-state index contributed by atoms with van der Waals surface area (Å²) in [5, 5.41) is 3.17. The van der Waals surface area contributed by atoms with Gasteiger partial charge in [-0.25, -0.2) is 4.98 Å². The molecule has 6 nitrogen and oxygen atoms in total. The lowest BCUT2D eigenvalue weighted by Crippen LogP contribution is -2.14. The van der Waals surface area contributed by atoms with Crippen molar-refractivity contribution in [2.45, 2.75) is 0 Å². The summed E-state index contributed by atoms with van der Waals surface area (Å²) in [6.07, 6.45) is 0. The van der Waals surface area contributed by atoms with Crippen LogP contribution in [0.1, 0.15) is 21.0 Å². The van der Waals surface area contributed by atoms with Crippen LogP contribution in [0.25, 0.3) is 11.0 Å². The second-order valence-corrected chi connectivity index (χ2v) is 5.52. The Morgan fingerprint density at radius 3 is 2.39 bits per heavy atom. The molecular formula is C15H10Cl2N4O2. The van der Waals surface area contributed by atoms with Gasteiger partial charge in [0.25, 0.3) is 11.8 Å². The Bertz CT molecular complexity index is 916. The Kier molecular flexibility index (Phi) is 3.94. The molecule has 3 rings (SSSR count). The summed E-state index contributed by atoms with van der Waals surface area (Å²) in [5.74, 6) is -1.15. The fourth-order valence-corrected chi connectivity index (χ4v) is 2.72. The second-order valence-electron chi connectivity index (χ2n) is 4.70. The molecule has 0 aliphatic heterocycles. The first-order valence-corrected chi connectivity index (χ1v) is 7.27. The van der Waals surface area contributed by atoms with Crippen LogP contribution in [0.15, 0.2) is 36.4 Å². The fraction of sp³-hybridized carbons (Fsp3) is 0. The van der Waals surface area contributed by atoms with Gasteiger partial charge in [0.05, 0.1) is 26.8 Å². The number of nitrogens with zero attached hydrogens (tertiary/aromatic N) is 1. The number of nitrogens with one attached hydrogen (secondary N) is 2. The van der Waals surface area contributed by atoms with Crippen molar-refractivity contribution in [1.29, 1.82) is 0 Å². The maximum Gasteiger partial charge on any atom is 0.284 e. The van der Waals surface area contributed by atoms with Crippen molar-refractivity contribution in [3.8, 4) is 0 Å². The van der Waals surface area contributed by atoms with E-state index in [2.05, 4.69) is 15.3 Å². The van der Waals surface area contributed by atoms with Crippen molar-refractivity contribution in [1.82, 2.24) is 9.97 Å². The van der Waals surface area contributed by atoms with Gasteiger partial charge in [0.2, 0.25) is 0 Å². The van der Waals surface area contributed by atoms with E-state index in [9.17, 15) is 9.59 Å². The monoisotopic (exact) mass is 348 g/mol. The summed E-state index contributed by atoms with van der Waals surface area (Å²) in [6.45, 7) is 0. The van der Waals surface area contributed by atoms with Gasteiger partial charge in [0.1, 0.15) is 5.52 Å². The molecule has 0 bridgehead atoms. The number of nitrogens with two attached hydrogens (primary N) is 1. The van der Waals surface area contributed by atoms with E-state index in [4.69, 9.17) is 28.9 Å². The molecule has 0 saturated heterocycles. The number of aromatic nitrogens is 2. The quantitative estimate of drug-likeness (QED) is 0.677. The van der Waals surface area contributed by atoms with E-state index in [1.165, 1.54) is 0 Å². The molecule has 1 heterocycles. The van der Waals surface area contributed by atoms with E-state index in [0.29, 0.717) is 16.7 Å². The van der Waals surface area contributed by atoms with Crippen molar-refractivity contribution in [2.24, 2.45) is 5.73 Å². The Hall–Kier alpha value is -2.57. The average Bonchev–Trinajstić information content (AvgIpc) is 2.92. The lowest BCUT2D eigenvalue weighted by Gasteiger charge is -2.08. The number of fused-ring (bicyclic) bond motifs is 1. The number of imidazole rings is 1. The maximum absolute atomic E-state index is 12.4. The highest BCUT2D eigenvalue weighted by Gasteiger charge is 2.17. The maximum atomic E-state index is 12.4. The van der Waals surface area contributed by atoms with Crippen LogP contribution >= 0.6 is 23.2 Å². The Morgan fingerprint density at radius 1 is 1.09 bits per heavy atom. The number of aromatic amines is 1. The van der Waals surface area contributed by atoms with Gasteiger partial charge in [-0.05, 0) is 24.3 Å². The molecule has 116 valence electrons. The molecule has 0 radical (unpaired) electrons. The highest BCUT2D eigenvalue weighted by molar-refractivity contribution is 6.40. The zero-order valence-electron chi connectivity index (χ0n) is 11.6. The first kappa shape index (κ1) is 15.3. The first-order valence-electron chi connectivity index (χ1n) is 6.51. The first-order chi connectivity index (χ1) is 11.0. The third-order valence-corrected chi connectivity index (χ3v) is 3.81. The molecule has 8 heteroatoms. The zero-order chi connectivity index (χ0) is 16.6. The zero-order valence-corrected chi connectivity index (χ0v) is 13.1. The van der Waals surface area contributed by atoms with E-state index in [1.807, 2.05) is 0 Å². The Balaban J connectivity index is 2.01. The number of amides is 2. The molecule has 2 aromatic carbocycles. The number of H-pyrrole nitrogens is 1. The van der Waals surface area contributed by atoms with Crippen LogP contribution in [-0.4, -0.2) is 21.8 Å². The molecule has 2 amide bonds. The number of carbonyl (C=O) groups excluding carboxylic acids is 2. The van der Waals surface area contributed by atoms with Crippen molar-refractivity contribution < 1.29 is 9.59 Å². The topological polar surface area (TPSA) is 101 Å². The number of benzene rings is 2. The highest BCUT2D eigenvalue weighted by Crippen LogP contribution is 2.27. The van der Waals surface area contributed by atoms with Gasteiger partial charge in [-0.15, -0.1) is 0 Å². The van der Waals surface area contributed by atoms with Crippen molar-refractivity contribution >= 4 is 51.7 Å². The smallest absolute Gasteiger partial charge is 0.284 e. The van der Waals surface area contributed by atoms with E-state index in [0.717, 1.165) is 0 Å². The van der Waals surface area contributed by atoms with Gasteiger partial charge in [-0.2, -0.15) is 0 Å². The predicted molar refractivity (Wildman–Crippen MR) is 89.0 cm³/mol. The van der Waals surface area contributed by atoms with Crippen LogP contribution in [0.5, 0.6) is 0 Å². The third-order valence-electron chi connectivity index (χ3n) is 3.18. The number of rotatable bonds is 3. The molecule has 0 saturated carbocycles. The number of anilines is 1. The minimum atomic E-state index is -0.687. The van der Waals surface area contributed by atoms with Crippen LogP contribution in [0.3, 0.4) is 0 Å². The van der Waals surface area contributed by atoms with Gasteiger partial charge in [-0.3, -0.25) is 9.59 Å². The summed E-state index contributed by atoms with van der Waals surface area (Å²) in [7, 11) is 0. The Morgan fingerprint density at radius 2 is 1.74 bits per heavy atom. The number of para-hydroxylation sites is 1. The summed E-state index contributed by atoms with van der Waals surface area (Å²) in [4.78, 5) is 30.5. The van der Waals surface area contributed by atoms with E-state index < -0.39 is 11.8 Å². The molecule has 0 fully saturated rings. The molecule has 0 aliphatic carbocycles. The predicted octanol–water partition coefficient (Wildman–Crippen LogP) is 3.22. The number of halogens is 2. The largest absolute Gasteiger partial charge is 0.363 e. The number of primary amides is 1. The molecule has 1 aromatic heterocycles. The van der Waals surface area contributed by atoms with Crippen LogP contribution in [0, 0.1) is 0 Å². The highest BCUT2D eigenvalue weighted by atomic mass is 35.5. The SMILES string of the molecule is NC(=O)c1nc2c(NC(=O)c3c(Cl)cccc3Cl)cccc2[nH]1. The van der Waals surface area contributed by atoms with Gasteiger partial charge >= 0.3 is 0 Å². The van der Waals surface area contributed by atoms with Crippen molar-refractivity contribution in [2.75, 3.05) is 5.32 Å². The van der Waals surface area contributed by atoms with Gasteiger partial charge < -0.3 is 16.0 Å². The minimum Gasteiger partial charge on any atom is -0.363 e. The minimum absolute atomic E-state index is 0.0116. The van der Waals surface area contributed by atoms with E-state index in [-0.39, 0.29) is 21.4 Å². The van der Waals surface area contributed by atoms with E-state index in [1.54, 1.807) is 36.4 Å². The molecule has 0 aliphatic rings. The molecule has 23 heavy (non-hydrogen) atoms. The van der Waals surface area contributed by atoms with Gasteiger partial charge in [0.15, 0.2) is 5.82 Å². The molecule has 0 spiro atoms. The second kappa shape index (κ2) is 5.91. The summed E-state index contributed by atoms with van der Waals surface area (Å²) >= 11 is 12.1. The van der Waals surface area contributed by atoms with Crippen molar-refractivity contribution in [3.05, 3.63) is 57.8 Å². The van der Waals surface area contributed by atoms with Crippen LogP contribution in [0.2, 0.25) is 10.0 Å². The number of hydrogen-bond acceptors (Lipinski definition) is 3. The third kappa shape index (κ3) is 2.86. The Labute approximate surface area is 140 Å². The fourth-order valence-electron chi connectivity index (χ4n) is 2.15. The molecular weight excluding hydrogens is 339 g/mol. The summed E-state index contributed by atoms with van der Waals surface area (Å²) < 4.78 is 0. The summed E-state index contributed by atoms with van der Waals surface area (Å²) in [6, 6.07) is 9.86. The lowest BCUT2D eigenvalue weighted by atomic mass is 10.2. The number of carbonyl (C=O) groups is 2. The molecule has 3 aromatic rings.